The van der Waals surface area contributed by atoms with Crippen LogP contribution in [0.4, 0.5) is 4.79 Å². The number of hydrogen-bond donors (Lipinski definition) is 4. The van der Waals surface area contributed by atoms with Gasteiger partial charge in [-0.05, 0) is 73.0 Å². The normalized spacial score (nSPS) is 14.8. The number of halogens is 1. The van der Waals surface area contributed by atoms with Gasteiger partial charge in [0, 0.05) is 22.0 Å². The van der Waals surface area contributed by atoms with Gasteiger partial charge < -0.3 is 34.5 Å². The standard InChI is InChI=1S/C40H38ClN5O6/c1-4-51-34-22-28(37-36(39(48)50-3)25(2)43-40(49)44-37)15-20-33(34)52-24-35(47)45-42-23-29-21-32(26-11-7-5-8-12-26)46(31-18-16-30(41)17-19-31)38(29)27-13-9-6-10-14-27/h5-23,35,37,45,47H,4,24H2,1-3H3,(H2,43,44,49)/b42-23+/t35-,37-/m1/s1. The highest BCUT2D eigenvalue weighted by Gasteiger charge is 2.32. The zero-order valence-corrected chi connectivity index (χ0v) is 29.6. The Hall–Kier alpha value is -6.04. The molecule has 4 N–H and O–H groups in total. The molecule has 0 unspecified atom stereocenters. The number of nitrogens with one attached hydrogen (secondary N) is 3. The van der Waals surface area contributed by atoms with Crippen molar-refractivity contribution in [1.29, 1.82) is 0 Å². The average Bonchev–Trinajstić information content (AvgIpc) is 3.54. The molecular weight excluding hydrogens is 682 g/mol. The number of allylic oxidation sites excluding steroid dienone is 1. The third-order valence-electron chi connectivity index (χ3n) is 8.33. The van der Waals surface area contributed by atoms with E-state index in [0.717, 1.165) is 33.8 Å². The summed E-state index contributed by atoms with van der Waals surface area (Å²) in [6.07, 6.45) is 0.491. The van der Waals surface area contributed by atoms with Crippen molar-refractivity contribution in [1.82, 2.24) is 20.6 Å². The minimum Gasteiger partial charge on any atom is -0.490 e. The summed E-state index contributed by atoms with van der Waals surface area (Å²) in [6, 6.07) is 33.7. The Morgan fingerprint density at radius 3 is 2.33 bits per heavy atom. The van der Waals surface area contributed by atoms with Crippen LogP contribution in [0.3, 0.4) is 0 Å². The molecule has 0 fully saturated rings. The van der Waals surface area contributed by atoms with Gasteiger partial charge in [-0.3, -0.25) is 5.43 Å². The molecule has 1 aliphatic heterocycles. The number of carbonyl (C=O) groups is 2. The van der Waals surface area contributed by atoms with E-state index in [1.165, 1.54) is 7.11 Å². The summed E-state index contributed by atoms with van der Waals surface area (Å²) in [4.78, 5) is 24.8. The molecule has 266 valence electrons. The number of amides is 2. The predicted octanol–water partition coefficient (Wildman–Crippen LogP) is 6.99. The number of aliphatic hydroxyl groups excluding tert-OH is 1. The van der Waals surface area contributed by atoms with Crippen LogP contribution in [0.5, 0.6) is 11.5 Å². The number of methoxy groups -OCH3 is 1. The van der Waals surface area contributed by atoms with Crippen LogP contribution in [-0.2, 0) is 9.53 Å². The number of benzene rings is 4. The van der Waals surface area contributed by atoms with E-state index in [-0.39, 0.29) is 12.2 Å². The molecule has 1 aliphatic rings. The summed E-state index contributed by atoms with van der Waals surface area (Å²) in [6.45, 7) is 3.62. The maximum Gasteiger partial charge on any atom is 0.337 e. The largest absolute Gasteiger partial charge is 0.490 e. The molecular formula is C40H38ClN5O6. The fourth-order valence-corrected chi connectivity index (χ4v) is 6.14. The molecule has 0 saturated heterocycles. The summed E-state index contributed by atoms with van der Waals surface area (Å²) in [5.74, 6) is 0.154. The van der Waals surface area contributed by atoms with E-state index in [9.17, 15) is 14.7 Å². The van der Waals surface area contributed by atoms with Gasteiger partial charge in [0.05, 0.1) is 42.9 Å². The molecule has 0 aliphatic carbocycles. The molecule has 0 saturated carbocycles. The van der Waals surface area contributed by atoms with Gasteiger partial charge in [0.15, 0.2) is 17.7 Å². The minimum atomic E-state index is -1.18. The van der Waals surface area contributed by atoms with Crippen molar-refractivity contribution in [2.75, 3.05) is 20.3 Å². The van der Waals surface area contributed by atoms with Crippen LogP contribution in [-0.4, -0.2) is 54.4 Å². The zero-order chi connectivity index (χ0) is 36.6. The lowest BCUT2D eigenvalue weighted by Crippen LogP contribution is -2.45. The van der Waals surface area contributed by atoms with Crippen molar-refractivity contribution in [3.05, 3.63) is 137 Å². The summed E-state index contributed by atoms with van der Waals surface area (Å²) < 4.78 is 18.9. The SMILES string of the molecule is CCOc1cc([C@H]2NC(=O)NC(C)=C2C(=O)OC)ccc1OC[C@@H](O)N/N=C/c1cc(-c2ccccc2)n(-c2ccc(Cl)cc2)c1-c1ccccc1. The predicted molar refractivity (Wildman–Crippen MR) is 201 cm³/mol. The van der Waals surface area contributed by atoms with Gasteiger partial charge in [0.25, 0.3) is 0 Å². The number of urea groups is 1. The summed E-state index contributed by atoms with van der Waals surface area (Å²) in [5, 5.41) is 21.3. The number of nitrogens with zero attached hydrogens (tertiary/aromatic N) is 2. The van der Waals surface area contributed by atoms with E-state index in [0.29, 0.717) is 34.4 Å². The fraction of sp³-hybridized carbons (Fsp3) is 0.175. The second-order valence-corrected chi connectivity index (χ2v) is 12.2. The second kappa shape index (κ2) is 16.3. The molecule has 2 amide bonds. The Morgan fingerprint density at radius 2 is 1.65 bits per heavy atom. The lowest BCUT2D eigenvalue weighted by molar-refractivity contribution is -0.136. The number of aromatic nitrogens is 1. The Labute approximate surface area is 306 Å². The molecule has 11 nitrogen and oxygen atoms in total. The molecule has 6 rings (SSSR count). The summed E-state index contributed by atoms with van der Waals surface area (Å²) in [5.41, 5.74) is 9.60. The van der Waals surface area contributed by atoms with Gasteiger partial charge >= 0.3 is 12.0 Å². The smallest absolute Gasteiger partial charge is 0.337 e. The van der Waals surface area contributed by atoms with E-state index in [2.05, 4.69) is 43.9 Å². The van der Waals surface area contributed by atoms with E-state index < -0.39 is 24.3 Å². The van der Waals surface area contributed by atoms with Crippen molar-refractivity contribution in [3.63, 3.8) is 0 Å². The molecule has 2 heterocycles. The van der Waals surface area contributed by atoms with E-state index in [1.807, 2.05) is 79.7 Å². The number of ether oxygens (including phenoxy) is 3. The molecule has 0 bridgehead atoms. The molecule has 52 heavy (non-hydrogen) atoms. The monoisotopic (exact) mass is 719 g/mol. The lowest BCUT2D eigenvalue weighted by atomic mass is 9.95. The quantitative estimate of drug-likeness (QED) is 0.0446. The molecule has 4 aromatic carbocycles. The van der Waals surface area contributed by atoms with Gasteiger partial charge in [0.1, 0.15) is 6.61 Å². The van der Waals surface area contributed by atoms with E-state index in [1.54, 1.807) is 31.3 Å². The topological polar surface area (TPSA) is 135 Å². The Kier molecular flexibility index (Phi) is 11.2. The van der Waals surface area contributed by atoms with Crippen LogP contribution in [0, 0.1) is 0 Å². The maximum absolute atomic E-state index is 12.6. The van der Waals surface area contributed by atoms with Crippen LogP contribution >= 0.6 is 11.6 Å². The highest BCUT2D eigenvalue weighted by molar-refractivity contribution is 6.30. The third kappa shape index (κ3) is 7.96. The molecule has 0 radical (unpaired) electrons. The number of rotatable bonds is 13. The first-order valence-electron chi connectivity index (χ1n) is 16.6. The Morgan fingerprint density at radius 1 is 0.962 bits per heavy atom. The molecule has 0 spiro atoms. The molecule has 5 aromatic rings. The first-order chi connectivity index (χ1) is 25.3. The van der Waals surface area contributed by atoms with Crippen molar-refractivity contribution < 1.29 is 28.9 Å². The third-order valence-corrected chi connectivity index (χ3v) is 8.58. The number of esters is 1. The van der Waals surface area contributed by atoms with Crippen LogP contribution in [0.15, 0.2) is 126 Å². The number of hydrazone groups is 1. The number of aliphatic hydroxyl groups is 1. The minimum absolute atomic E-state index is 0.167. The number of carbonyl (C=O) groups excluding carboxylic acids is 2. The average molecular weight is 720 g/mol. The van der Waals surface area contributed by atoms with Gasteiger partial charge in [0.2, 0.25) is 0 Å². The Balaban J connectivity index is 1.24. The molecule has 12 heteroatoms. The second-order valence-electron chi connectivity index (χ2n) is 11.8. The van der Waals surface area contributed by atoms with Crippen molar-refractivity contribution >= 4 is 29.8 Å². The van der Waals surface area contributed by atoms with Crippen molar-refractivity contribution in [3.8, 4) is 39.7 Å². The van der Waals surface area contributed by atoms with Crippen molar-refractivity contribution in [2.45, 2.75) is 26.1 Å². The maximum atomic E-state index is 12.6. The first kappa shape index (κ1) is 35.8. The lowest BCUT2D eigenvalue weighted by Gasteiger charge is -2.28. The fourth-order valence-electron chi connectivity index (χ4n) is 6.01. The van der Waals surface area contributed by atoms with Crippen LogP contribution < -0.4 is 25.5 Å². The number of hydrogen-bond acceptors (Lipinski definition) is 8. The van der Waals surface area contributed by atoms with Crippen molar-refractivity contribution in [2.24, 2.45) is 5.10 Å². The summed E-state index contributed by atoms with van der Waals surface area (Å²) >= 11 is 6.26. The highest BCUT2D eigenvalue weighted by atomic mass is 35.5. The van der Waals surface area contributed by atoms with Gasteiger partial charge in [-0.15, -0.1) is 0 Å². The van der Waals surface area contributed by atoms with E-state index >= 15 is 0 Å². The van der Waals surface area contributed by atoms with Crippen LogP contribution in [0.1, 0.15) is 31.0 Å². The van der Waals surface area contributed by atoms with Crippen LogP contribution in [0.25, 0.3) is 28.2 Å². The Bertz CT molecular complexity index is 2100. The zero-order valence-electron chi connectivity index (χ0n) is 28.8. The van der Waals surface area contributed by atoms with Gasteiger partial charge in [-0.1, -0.05) is 78.3 Å². The van der Waals surface area contributed by atoms with E-state index in [4.69, 9.17) is 25.8 Å². The highest BCUT2D eigenvalue weighted by Crippen LogP contribution is 2.37. The van der Waals surface area contributed by atoms with Crippen LogP contribution in [0.2, 0.25) is 5.02 Å². The van der Waals surface area contributed by atoms with Gasteiger partial charge in [-0.25, -0.2) is 9.59 Å². The molecule has 1 aromatic heterocycles. The van der Waals surface area contributed by atoms with Gasteiger partial charge in [-0.2, -0.15) is 5.10 Å². The molecule has 2 atom stereocenters. The first-order valence-corrected chi connectivity index (χ1v) is 17.0. The summed E-state index contributed by atoms with van der Waals surface area (Å²) in [7, 11) is 1.28.